The SMILES string of the molecule is C.COC(=O)c1nnc(Cl)cc1Cl.COC(=O)c1nnc(Cl)cc1Nc1ccc(Cl)c(C)n1.Cc1nc(N)ccc1Cl. The lowest BCUT2D eigenvalue weighted by Gasteiger charge is -2.10. The Bertz CT molecular complexity index is 1550. The first-order valence-corrected chi connectivity index (χ1v) is 12.9. The molecule has 224 valence electrons. The number of aromatic nitrogens is 6. The average Bonchev–Trinajstić information content (AvgIpc) is 2.93. The van der Waals surface area contributed by atoms with E-state index in [1.807, 2.05) is 6.92 Å². The summed E-state index contributed by atoms with van der Waals surface area (Å²) in [6.45, 7) is 3.59. The number of hydrogen-bond acceptors (Lipinski definition) is 12. The summed E-state index contributed by atoms with van der Waals surface area (Å²) >= 11 is 28.4. The van der Waals surface area contributed by atoms with Crippen molar-refractivity contribution in [3.8, 4) is 0 Å². The molecule has 0 atom stereocenters. The van der Waals surface area contributed by atoms with E-state index in [-0.39, 0.29) is 34.1 Å². The Labute approximate surface area is 266 Å². The Morgan fingerprint density at radius 1 is 0.714 bits per heavy atom. The van der Waals surface area contributed by atoms with Crippen LogP contribution in [0.15, 0.2) is 36.4 Å². The van der Waals surface area contributed by atoms with E-state index < -0.39 is 11.9 Å². The smallest absolute Gasteiger partial charge is 0.360 e. The van der Waals surface area contributed by atoms with Crippen LogP contribution in [-0.2, 0) is 9.47 Å². The molecule has 4 aromatic rings. The number of rotatable bonds is 4. The molecule has 3 N–H and O–H groups in total. The van der Waals surface area contributed by atoms with Gasteiger partial charge in [-0.25, -0.2) is 19.6 Å². The van der Waals surface area contributed by atoms with Gasteiger partial charge >= 0.3 is 11.9 Å². The van der Waals surface area contributed by atoms with Crippen molar-refractivity contribution >= 4 is 87.3 Å². The second-order valence-corrected chi connectivity index (χ2v) is 9.46. The number of hydrogen-bond donors (Lipinski definition) is 2. The number of halogens is 5. The molecular weight excluding hydrogens is 654 g/mol. The van der Waals surface area contributed by atoms with E-state index in [1.165, 1.54) is 26.4 Å². The van der Waals surface area contributed by atoms with Gasteiger partial charge in [-0.05, 0) is 44.2 Å². The minimum absolute atomic E-state index is 0. The summed E-state index contributed by atoms with van der Waals surface area (Å²) < 4.78 is 9.02. The Kier molecular flexibility index (Phi) is 15.1. The molecule has 4 rings (SSSR count). The molecule has 0 aliphatic carbocycles. The minimum atomic E-state index is -0.635. The van der Waals surface area contributed by atoms with Gasteiger partial charge in [0.25, 0.3) is 0 Å². The topological polar surface area (TPSA) is 168 Å². The van der Waals surface area contributed by atoms with E-state index in [4.69, 9.17) is 63.7 Å². The zero-order chi connectivity index (χ0) is 30.7. The van der Waals surface area contributed by atoms with Crippen molar-refractivity contribution in [2.75, 3.05) is 25.3 Å². The number of ether oxygens (including phenoxy) is 2. The Morgan fingerprint density at radius 2 is 1.21 bits per heavy atom. The third-order valence-electron chi connectivity index (χ3n) is 4.57. The van der Waals surface area contributed by atoms with Gasteiger partial charge in [0.2, 0.25) is 0 Å². The second kappa shape index (κ2) is 17.4. The van der Waals surface area contributed by atoms with Crippen molar-refractivity contribution in [2.45, 2.75) is 21.3 Å². The first-order valence-electron chi connectivity index (χ1n) is 11.0. The molecule has 17 heteroatoms. The van der Waals surface area contributed by atoms with Crippen molar-refractivity contribution in [3.05, 3.63) is 84.5 Å². The largest absolute Gasteiger partial charge is 0.464 e. The molecule has 0 aliphatic rings. The highest BCUT2D eigenvalue weighted by Crippen LogP contribution is 2.23. The highest BCUT2D eigenvalue weighted by Gasteiger charge is 2.16. The van der Waals surface area contributed by atoms with E-state index in [0.29, 0.717) is 33.1 Å². The van der Waals surface area contributed by atoms with Crippen LogP contribution in [0.25, 0.3) is 0 Å². The van der Waals surface area contributed by atoms with Crippen molar-refractivity contribution in [2.24, 2.45) is 0 Å². The first kappa shape index (κ1) is 36.5. The normalized spacial score (nSPS) is 9.64. The third kappa shape index (κ3) is 11.0. The summed E-state index contributed by atoms with van der Waals surface area (Å²) in [5.74, 6) is -0.246. The molecule has 0 aromatic carbocycles. The van der Waals surface area contributed by atoms with Gasteiger partial charge in [0.15, 0.2) is 21.7 Å². The van der Waals surface area contributed by atoms with Gasteiger partial charge in [0.05, 0.1) is 46.4 Å². The van der Waals surface area contributed by atoms with Crippen LogP contribution in [0.1, 0.15) is 39.8 Å². The summed E-state index contributed by atoms with van der Waals surface area (Å²) in [5, 5.41) is 18.8. The first-order chi connectivity index (χ1) is 19.4. The number of carbonyl (C=O) groups is 2. The van der Waals surface area contributed by atoms with Gasteiger partial charge < -0.3 is 20.5 Å². The summed E-state index contributed by atoms with van der Waals surface area (Å²) in [6, 6.07) is 9.56. The van der Waals surface area contributed by atoms with E-state index in [9.17, 15) is 9.59 Å². The number of nitrogen functional groups attached to an aromatic ring is 1. The third-order valence-corrected chi connectivity index (χ3v) is 6.02. The molecule has 0 radical (unpaired) electrons. The van der Waals surface area contributed by atoms with E-state index in [1.54, 1.807) is 31.2 Å². The van der Waals surface area contributed by atoms with Crippen molar-refractivity contribution < 1.29 is 19.1 Å². The highest BCUT2D eigenvalue weighted by molar-refractivity contribution is 6.35. The lowest BCUT2D eigenvalue weighted by molar-refractivity contribution is 0.0584. The Morgan fingerprint density at radius 3 is 1.71 bits per heavy atom. The molecule has 12 nitrogen and oxygen atoms in total. The number of methoxy groups -OCH3 is 2. The molecule has 4 heterocycles. The molecule has 4 aromatic heterocycles. The quantitative estimate of drug-likeness (QED) is 0.216. The van der Waals surface area contributed by atoms with Crippen LogP contribution < -0.4 is 11.1 Å². The van der Waals surface area contributed by atoms with Crippen molar-refractivity contribution in [1.29, 1.82) is 0 Å². The van der Waals surface area contributed by atoms with Crippen LogP contribution in [0.2, 0.25) is 25.4 Å². The fourth-order valence-corrected chi connectivity index (χ4v) is 3.39. The molecule has 0 unspecified atom stereocenters. The minimum Gasteiger partial charge on any atom is -0.464 e. The summed E-state index contributed by atoms with van der Waals surface area (Å²) in [7, 11) is 2.49. The van der Waals surface area contributed by atoms with Gasteiger partial charge in [-0.15, -0.1) is 20.4 Å². The average molecular weight is 679 g/mol. The van der Waals surface area contributed by atoms with Gasteiger partial charge in [-0.3, -0.25) is 0 Å². The lowest BCUT2D eigenvalue weighted by Crippen LogP contribution is -2.10. The monoisotopic (exact) mass is 676 g/mol. The molecule has 0 saturated carbocycles. The van der Waals surface area contributed by atoms with E-state index >= 15 is 0 Å². The highest BCUT2D eigenvalue weighted by atomic mass is 35.5. The fourth-order valence-electron chi connectivity index (χ4n) is 2.61. The number of aryl methyl sites for hydroxylation is 2. The Hall–Kier alpha value is -3.55. The fraction of sp³-hybridized carbons (Fsp3) is 0.200. The molecule has 0 spiro atoms. The molecular formula is C25H25Cl5N8O4. The summed E-state index contributed by atoms with van der Waals surface area (Å²) in [6.07, 6.45) is 0. The van der Waals surface area contributed by atoms with Crippen LogP contribution in [0.5, 0.6) is 0 Å². The summed E-state index contributed by atoms with van der Waals surface area (Å²) in [5.41, 5.74) is 7.12. The molecule has 42 heavy (non-hydrogen) atoms. The number of esters is 2. The van der Waals surface area contributed by atoms with Crippen LogP contribution in [0.4, 0.5) is 17.3 Å². The van der Waals surface area contributed by atoms with Crippen molar-refractivity contribution in [3.63, 3.8) is 0 Å². The molecule has 0 bridgehead atoms. The number of carbonyl (C=O) groups excluding carboxylic acids is 2. The second-order valence-electron chi connectivity index (χ2n) is 7.47. The van der Waals surface area contributed by atoms with E-state index in [2.05, 4.69) is 45.2 Å². The molecule has 0 amide bonds. The van der Waals surface area contributed by atoms with E-state index in [0.717, 1.165) is 5.69 Å². The van der Waals surface area contributed by atoms with Crippen LogP contribution in [-0.4, -0.2) is 56.5 Å². The van der Waals surface area contributed by atoms with Crippen LogP contribution >= 0.6 is 58.0 Å². The Balaban J connectivity index is 0.000000342. The predicted octanol–water partition coefficient (Wildman–Crippen LogP) is 6.85. The summed E-state index contributed by atoms with van der Waals surface area (Å²) in [4.78, 5) is 30.7. The van der Waals surface area contributed by atoms with Gasteiger partial charge in [0, 0.05) is 6.07 Å². The van der Waals surface area contributed by atoms with Crippen LogP contribution in [0, 0.1) is 13.8 Å². The number of nitrogens with one attached hydrogen (secondary N) is 1. The maximum atomic E-state index is 11.6. The molecule has 0 aliphatic heterocycles. The zero-order valence-electron chi connectivity index (χ0n) is 21.7. The number of nitrogens with two attached hydrogens (primary N) is 1. The number of pyridine rings is 2. The molecule has 0 fully saturated rings. The van der Waals surface area contributed by atoms with Gasteiger partial charge in [-0.1, -0.05) is 65.4 Å². The number of anilines is 3. The predicted molar refractivity (Wildman–Crippen MR) is 164 cm³/mol. The zero-order valence-corrected chi connectivity index (χ0v) is 25.5. The van der Waals surface area contributed by atoms with Crippen molar-refractivity contribution in [1.82, 2.24) is 30.4 Å². The number of nitrogens with zero attached hydrogens (tertiary/aromatic N) is 6. The van der Waals surface area contributed by atoms with Crippen LogP contribution in [0.3, 0.4) is 0 Å². The van der Waals surface area contributed by atoms with Gasteiger partial charge in [-0.2, -0.15) is 0 Å². The molecule has 0 saturated heterocycles. The maximum Gasteiger partial charge on any atom is 0.360 e. The maximum absolute atomic E-state index is 11.6. The lowest BCUT2D eigenvalue weighted by atomic mass is 10.3. The standard InChI is InChI=1S/C12H10Cl2N4O2.C6H4Cl2N2O2.C6H7ClN2.CH4/c1-6-7(13)3-4-10(15-6)16-8-5-9(14)17-18-11(8)12(19)20-2;1-12-6(11)5-3(7)2-4(8)9-10-5;1-4-5(7)2-3-6(8)9-4;/h3-5H,1-2H3,(H,15,16,17);2H,1H3;2-3H,1H3,(H2,8,9);1H4. The van der Waals surface area contributed by atoms with Gasteiger partial charge in [0.1, 0.15) is 11.6 Å².